The average molecular weight is 215 g/mol. The number of hydrogen-bond donors (Lipinski definition) is 1. The quantitative estimate of drug-likeness (QED) is 0.831. The van der Waals surface area contributed by atoms with Gasteiger partial charge in [-0.05, 0) is 23.8 Å². The van der Waals surface area contributed by atoms with Crippen LogP contribution in [0.3, 0.4) is 0 Å². The molecule has 2 rings (SSSR count). The van der Waals surface area contributed by atoms with Crippen LogP contribution in [0.4, 0.5) is 11.4 Å². The normalized spacial score (nSPS) is 13.5. The van der Waals surface area contributed by atoms with E-state index < -0.39 is 0 Å². The Morgan fingerprint density at radius 1 is 1.56 bits per heavy atom. The molecule has 0 aliphatic carbocycles. The average Bonchev–Trinajstić information content (AvgIpc) is 2.61. The zero-order valence-corrected chi connectivity index (χ0v) is 9.16. The molecule has 0 radical (unpaired) electrons. The van der Waals surface area contributed by atoms with Crippen LogP contribution in [-0.4, -0.2) is 19.5 Å². The van der Waals surface area contributed by atoms with Crippen LogP contribution in [0.2, 0.25) is 0 Å². The standard InChI is InChI=1S/C12H13N3O/c1-14-10-3-4-11-9(7-10)8-12(16)15(11)6-2-5-13/h3-4,7,14H,2,6,8H2,1H3. The third-order valence-electron chi connectivity index (χ3n) is 2.75. The van der Waals surface area contributed by atoms with Gasteiger partial charge in [-0.2, -0.15) is 5.26 Å². The van der Waals surface area contributed by atoms with Crippen LogP contribution in [0.15, 0.2) is 18.2 Å². The van der Waals surface area contributed by atoms with Crippen molar-refractivity contribution in [2.45, 2.75) is 12.8 Å². The lowest BCUT2D eigenvalue weighted by Crippen LogP contribution is -2.27. The highest BCUT2D eigenvalue weighted by atomic mass is 16.2. The molecule has 0 fully saturated rings. The lowest BCUT2D eigenvalue weighted by molar-refractivity contribution is -0.117. The summed E-state index contributed by atoms with van der Waals surface area (Å²) in [7, 11) is 1.85. The molecule has 0 atom stereocenters. The molecular weight excluding hydrogens is 202 g/mol. The maximum atomic E-state index is 11.7. The highest BCUT2D eigenvalue weighted by Gasteiger charge is 2.26. The summed E-state index contributed by atoms with van der Waals surface area (Å²) in [6.45, 7) is 0.487. The van der Waals surface area contributed by atoms with Gasteiger partial charge in [0.2, 0.25) is 5.91 Å². The molecule has 82 valence electrons. The molecule has 1 N–H and O–H groups in total. The monoisotopic (exact) mass is 215 g/mol. The van der Waals surface area contributed by atoms with Crippen LogP contribution in [-0.2, 0) is 11.2 Å². The van der Waals surface area contributed by atoms with Gasteiger partial charge < -0.3 is 10.2 Å². The number of nitrogens with zero attached hydrogens (tertiary/aromatic N) is 2. The van der Waals surface area contributed by atoms with Gasteiger partial charge in [0.05, 0.1) is 18.9 Å². The number of rotatable bonds is 3. The molecule has 1 aromatic rings. The molecule has 0 unspecified atom stereocenters. The van der Waals surface area contributed by atoms with Gasteiger partial charge in [0.15, 0.2) is 0 Å². The minimum absolute atomic E-state index is 0.0819. The van der Waals surface area contributed by atoms with Crippen LogP contribution in [0.1, 0.15) is 12.0 Å². The highest BCUT2D eigenvalue weighted by Crippen LogP contribution is 2.31. The molecule has 0 aromatic heterocycles. The van der Waals surface area contributed by atoms with E-state index in [-0.39, 0.29) is 5.91 Å². The number of fused-ring (bicyclic) bond motifs is 1. The van der Waals surface area contributed by atoms with Crippen LogP contribution in [0.5, 0.6) is 0 Å². The van der Waals surface area contributed by atoms with E-state index in [9.17, 15) is 4.79 Å². The zero-order valence-electron chi connectivity index (χ0n) is 9.16. The summed E-state index contributed by atoms with van der Waals surface area (Å²) >= 11 is 0. The number of amides is 1. The van der Waals surface area contributed by atoms with Gasteiger partial charge in [-0.3, -0.25) is 4.79 Å². The Bertz CT molecular complexity index is 462. The predicted molar refractivity (Wildman–Crippen MR) is 62.3 cm³/mol. The Morgan fingerprint density at radius 3 is 3.06 bits per heavy atom. The molecule has 1 aliphatic heterocycles. The van der Waals surface area contributed by atoms with Crippen molar-refractivity contribution in [3.8, 4) is 6.07 Å². The number of nitrogens with one attached hydrogen (secondary N) is 1. The summed E-state index contributed by atoms with van der Waals surface area (Å²) in [6, 6.07) is 7.92. The molecule has 0 saturated carbocycles. The number of nitriles is 1. The molecule has 4 nitrogen and oxygen atoms in total. The maximum Gasteiger partial charge on any atom is 0.231 e. The van der Waals surface area contributed by atoms with Gasteiger partial charge in [0, 0.05) is 25.0 Å². The zero-order chi connectivity index (χ0) is 11.5. The molecule has 0 spiro atoms. The van der Waals surface area contributed by atoms with E-state index in [1.54, 1.807) is 4.90 Å². The smallest absolute Gasteiger partial charge is 0.231 e. The van der Waals surface area contributed by atoms with Gasteiger partial charge in [0.1, 0.15) is 0 Å². The molecule has 0 bridgehead atoms. The van der Waals surface area contributed by atoms with Crippen LogP contribution < -0.4 is 10.2 Å². The minimum Gasteiger partial charge on any atom is -0.388 e. The Hall–Kier alpha value is -2.02. The number of carbonyl (C=O) groups excluding carboxylic acids is 1. The third kappa shape index (κ3) is 1.72. The van der Waals surface area contributed by atoms with Crippen molar-refractivity contribution in [1.82, 2.24) is 0 Å². The lowest BCUT2D eigenvalue weighted by Gasteiger charge is -2.15. The Morgan fingerprint density at radius 2 is 2.38 bits per heavy atom. The molecule has 1 aliphatic rings. The fourth-order valence-corrected chi connectivity index (χ4v) is 1.95. The summed E-state index contributed by atoms with van der Waals surface area (Å²) in [5.41, 5.74) is 2.99. The van der Waals surface area contributed by atoms with E-state index in [1.165, 1.54) is 0 Å². The topological polar surface area (TPSA) is 56.1 Å². The van der Waals surface area contributed by atoms with Crippen molar-refractivity contribution in [3.05, 3.63) is 23.8 Å². The first kappa shape index (κ1) is 10.5. The van der Waals surface area contributed by atoms with Crippen molar-refractivity contribution < 1.29 is 4.79 Å². The Labute approximate surface area is 94.5 Å². The third-order valence-corrected chi connectivity index (χ3v) is 2.75. The maximum absolute atomic E-state index is 11.7. The van der Waals surface area contributed by atoms with E-state index in [2.05, 4.69) is 11.4 Å². The van der Waals surface area contributed by atoms with Gasteiger partial charge >= 0.3 is 0 Å². The second-order valence-electron chi connectivity index (χ2n) is 3.72. The number of hydrogen-bond acceptors (Lipinski definition) is 3. The molecule has 1 aromatic carbocycles. The van der Waals surface area contributed by atoms with Crippen molar-refractivity contribution in [2.75, 3.05) is 23.8 Å². The van der Waals surface area contributed by atoms with Crippen molar-refractivity contribution in [1.29, 1.82) is 5.26 Å². The van der Waals surface area contributed by atoms with Crippen molar-refractivity contribution in [2.24, 2.45) is 0 Å². The fraction of sp³-hybridized carbons (Fsp3) is 0.333. The van der Waals surface area contributed by atoms with Crippen LogP contribution >= 0.6 is 0 Å². The largest absolute Gasteiger partial charge is 0.388 e. The summed E-state index contributed by atoms with van der Waals surface area (Å²) in [4.78, 5) is 13.4. The molecule has 1 heterocycles. The Kier molecular flexibility index (Phi) is 2.78. The van der Waals surface area contributed by atoms with E-state index >= 15 is 0 Å². The second kappa shape index (κ2) is 4.23. The summed E-state index contributed by atoms with van der Waals surface area (Å²) < 4.78 is 0. The minimum atomic E-state index is 0.0819. The first-order valence-corrected chi connectivity index (χ1v) is 5.24. The highest BCUT2D eigenvalue weighted by molar-refractivity contribution is 6.01. The molecule has 4 heteroatoms. The van der Waals surface area contributed by atoms with Crippen LogP contribution in [0, 0.1) is 11.3 Å². The second-order valence-corrected chi connectivity index (χ2v) is 3.72. The Balaban J connectivity index is 2.28. The van der Waals surface area contributed by atoms with Gasteiger partial charge in [-0.1, -0.05) is 0 Å². The van der Waals surface area contributed by atoms with Gasteiger partial charge in [-0.25, -0.2) is 0 Å². The van der Waals surface area contributed by atoms with Crippen LogP contribution in [0.25, 0.3) is 0 Å². The number of anilines is 2. The molecule has 0 saturated heterocycles. The summed E-state index contributed by atoms with van der Waals surface area (Å²) in [5, 5.41) is 11.6. The number of carbonyl (C=O) groups is 1. The predicted octanol–water partition coefficient (Wildman–Crippen LogP) is 1.53. The molecule has 16 heavy (non-hydrogen) atoms. The van der Waals surface area contributed by atoms with Gasteiger partial charge in [0.25, 0.3) is 0 Å². The van der Waals surface area contributed by atoms with E-state index in [0.717, 1.165) is 16.9 Å². The van der Waals surface area contributed by atoms with E-state index in [0.29, 0.717) is 19.4 Å². The van der Waals surface area contributed by atoms with Crippen molar-refractivity contribution >= 4 is 17.3 Å². The molecular formula is C12H13N3O. The molecule has 1 amide bonds. The van der Waals surface area contributed by atoms with Gasteiger partial charge in [-0.15, -0.1) is 0 Å². The summed E-state index contributed by atoms with van der Waals surface area (Å²) in [6.07, 6.45) is 0.815. The fourth-order valence-electron chi connectivity index (χ4n) is 1.95. The first-order chi connectivity index (χ1) is 7.76. The SMILES string of the molecule is CNc1ccc2c(c1)CC(=O)N2CCC#N. The summed E-state index contributed by atoms with van der Waals surface area (Å²) in [5.74, 6) is 0.0819. The first-order valence-electron chi connectivity index (χ1n) is 5.24. The van der Waals surface area contributed by atoms with Crippen molar-refractivity contribution in [3.63, 3.8) is 0 Å². The lowest BCUT2D eigenvalue weighted by atomic mass is 10.1. The van der Waals surface area contributed by atoms with E-state index in [1.807, 2.05) is 25.2 Å². The number of benzene rings is 1. The van der Waals surface area contributed by atoms with E-state index in [4.69, 9.17) is 5.26 Å².